The molecule has 0 unspecified atom stereocenters. The molecule has 0 radical (unpaired) electrons. The van der Waals surface area contributed by atoms with Gasteiger partial charge in [-0.25, -0.2) is 9.97 Å². The number of aromatic nitrogens is 2. The van der Waals surface area contributed by atoms with Crippen LogP contribution in [0.25, 0.3) is 0 Å². The van der Waals surface area contributed by atoms with Crippen molar-refractivity contribution < 1.29 is 4.74 Å². The third-order valence-electron chi connectivity index (χ3n) is 3.14. The van der Waals surface area contributed by atoms with Crippen LogP contribution in [0.4, 0.5) is 5.82 Å². The number of nitrogens with zero attached hydrogens (tertiary/aromatic N) is 2. The summed E-state index contributed by atoms with van der Waals surface area (Å²) in [4.78, 5) is 10.1. The molecule has 2 rings (SSSR count). The van der Waals surface area contributed by atoms with Crippen molar-refractivity contribution in [1.29, 1.82) is 0 Å². The van der Waals surface area contributed by atoms with Gasteiger partial charge in [0.05, 0.1) is 0 Å². The Morgan fingerprint density at radius 3 is 2.62 bits per heavy atom. The van der Waals surface area contributed by atoms with Crippen LogP contribution in [-0.2, 0) is 11.3 Å². The van der Waals surface area contributed by atoms with Crippen LogP contribution in [0, 0.1) is 13.8 Å². The van der Waals surface area contributed by atoms with Gasteiger partial charge in [-0.15, -0.1) is 0 Å². The van der Waals surface area contributed by atoms with Crippen LogP contribution < -0.4 is 5.32 Å². The van der Waals surface area contributed by atoms with E-state index in [1.807, 2.05) is 20.0 Å². The molecule has 2 aromatic rings. The van der Waals surface area contributed by atoms with E-state index in [0.717, 1.165) is 10.8 Å². The average Bonchev–Trinajstić information content (AvgIpc) is 2.48. The summed E-state index contributed by atoms with van der Waals surface area (Å²) < 4.78 is 5.40. The quantitative estimate of drug-likeness (QED) is 0.822. The van der Waals surface area contributed by atoms with E-state index in [1.165, 1.54) is 16.0 Å². The molecule has 0 aliphatic rings. The summed E-state index contributed by atoms with van der Waals surface area (Å²) in [7, 11) is 1.86. The lowest BCUT2D eigenvalue weighted by molar-refractivity contribution is 0.128. The Morgan fingerprint density at radius 2 is 1.95 bits per heavy atom. The second-order valence-corrected chi connectivity index (χ2v) is 5.84. The molecule has 0 atom stereocenters. The van der Waals surface area contributed by atoms with Crippen molar-refractivity contribution in [2.45, 2.75) is 37.3 Å². The normalized spacial score (nSPS) is 10.7. The summed E-state index contributed by atoms with van der Waals surface area (Å²) in [5.41, 5.74) is 2.59. The van der Waals surface area contributed by atoms with Crippen LogP contribution in [0.3, 0.4) is 0 Å². The predicted molar refractivity (Wildman–Crippen MR) is 86.9 cm³/mol. The van der Waals surface area contributed by atoms with Crippen molar-refractivity contribution in [3.63, 3.8) is 0 Å². The monoisotopic (exact) mass is 303 g/mol. The van der Waals surface area contributed by atoms with Gasteiger partial charge in [0.2, 0.25) is 0 Å². The number of hydrogen-bond donors (Lipinski definition) is 1. The molecule has 0 saturated carbocycles. The maximum Gasteiger partial charge on any atom is 0.157 e. The molecule has 0 aliphatic carbocycles. The van der Waals surface area contributed by atoms with Crippen LogP contribution in [-0.4, -0.2) is 23.6 Å². The van der Waals surface area contributed by atoms with E-state index in [0.29, 0.717) is 19.0 Å². The molecule has 1 heterocycles. The van der Waals surface area contributed by atoms with Crippen molar-refractivity contribution in [1.82, 2.24) is 9.97 Å². The summed E-state index contributed by atoms with van der Waals surface area (Å²) in [6.45, 7) is 7.30. The number of rotatable bonds is 6. The summed E-state index contributed by atoms with van der Waals surface area (Å²) in [5, 5.41) is 3.99. The molecule has 4 nitrogen and oxygen atoms in total. The van der Waals surface area contributed by atoms with E-state index in [4.69, 9.17) is 4.74 Å². The largest absolute Gasteiger partial charge is 0.374 e. The molecule has 21 heavy (non-hydrogen) atoms. The molecular weight excluding hydrogens is 282 g/mol. The number of nitrogens with one attached hydrogen (secondary N) is 1. The molecule has 112 valence electrons. The Balaban J connectivity index is 2.23. The smallest absolute Gasteiger partial charge is 0.157 e. The van der Waals surface area contributed by atoms with E-state index >= 15 is 0 Å². The fourth-order valence-electron chi connectivity index (χ4n) is 1.81. The Labute approximate surface area is 130 Å². The first kappa shape index (κ1) is 15.8. The second-order valence-electron chi connectivity index (χ2n) is 4.74. The van der Waals surface area contributed by atoms with E-state index in [2.05, 4.69) is 47.3 Å². The highest BCUT2D eigenvalue weighted by Gasteiger charge is 2.06. The SMILES string of the molecule is CCOCc1nc(NC)cc(Sc2ccc(C)c(C)c2)n1. The summed E-state index contributed by atoms with van der Waals surface area (Å²) >= 11 is 1.64. The van der Waals surface area contributed by atoms with Crippen LogP contribution in [0.15, 0.2) is 34.2 Å². The fourth-order valence-corrected chi connectivity index (χ4v) is 2.74. The van der Waals surface area contributed by atoms with E-state index in [9.17, 15) is 0 Å². The van der Waals surface area contributed by atoms with E-state index < -0.39 is 0 Å². The molecular formula is C16H21N3OS. The minimum atomic E-state index is 0.437. The average molecular weight is 303 g/mol. The first-order valence-corrected chi connectivity index (χ1v) is 7.82. The Hall–Kier alpha value is -1.59. The van der Waals surface area contributed by atoms with Crippen molar-refractivity contribution in [3.8, 4) is 0 Å². The Kier molecular flexibility index (Phi) is 5.59. The first-order chi connectivity index (χ1) is 10.1. The van der Waals surface area contributed by atoms with Gasteiger partial charge in [0.15, 0.2) is 5.82 Å². The first-order valence-electron chi connectivity index (χ1n) is 7.01. The molecule has 0 fully saturated rings. The maximum absolute atomic E-state index is 5.40. The molecule has 0 saturated heterocycles. The molecule has 1 aromatic carbocycles. The van der Waals surface area contributed by atoms with Gasteiger partial charge >= 0.3 is 0 Å². The molecule has 5 heteroatoms. The lowest BCUT2D eigenvalue weighted by Crippen LogP contribution is -2.03. The number of hydrogen-bond acceptors (Lipinski definition) is 5. The lowest BCUT2D eigenvalue weighted by Gasteiger charge is -2.08. The molecule has 0 bridgehead atoms. The zero-order valence-electron chi connectivity index (χ0n) is 12.9. The van der Waals surface area contributed by atoms with Crippen molar-refractivity contribution in [2.24, 2.45) is 0 Å². The third-order valence-corrected chi connectivity index (χ3v) is 4.05. The van der Waals surface area contributed by atoms with E-state index in [1.54, 1.807) is 11.8 Å². The number of ether oxygens (including phenoxy) is 1. The summed E-state index contributed by atoms with van der Waals surface area (Å²) in [5.74, 6) is 1.51. The lowest BCUT2D eigenvalue weighted by atomic mass is 10.1. The van der Waals surface area contributed by atoms with Crippen LogP contribution in [0.1, 0.15) is 23.9 Å². The number of benzene rings is 1. The number of anilines is 1. The van der Waals surface area contributed by atoms with Gasteiger partial charge in [0, 0.05) is 24.6 Å². The predicted octanol–water partition coefficient (Wildman–Crippen LogP) is 3.82. The van der Waals surface area contributed by atoms with Gasteiger partial charge in [-0.1, -0.05) is 17.8 Å². The maximum atomic E-state index is 5.40. The van der Waals surface area contributed by atoms with Gasteiger partial charge in [-0.05, 0) is 44.0 Å². The van der Waals surface area contributed by atoms with Crippen LogP contribution in [0.2, 0.25) is 0 Å². The Bertz CT molecular complexity index is 616. The van der Waals surface area contributed by atoms with Crippen LogP contribution >= 0.6 is 11.8 Å². The molecule has 0 amide bonds. The van der Waals surface area contributed by atoms with Gasteiger partial charge < -0.3 is 10.1 Å². The van der Waals surface area contributed by atoms with Gasteiger partial charge in [0.1, 0.15) is 17.5 Å². The highest BCUT2D eigenvalue weighted by molar-refractivity contribution is 7.99. The van der Waals surface area contributed by atoms with Crippen molar-refractivity contribution >= 4 is 17.6 Å². The fraction of sp³-hybridized carbons (Fsp3) is 0.375. The van der Waals surface area contributed by atoms with Crippen molar-refractivity contribution in [3.05, 3.63) is 41.2 Å². The summed E-state index contributed by atoms with van der Waals surface area (Å²) in [6, 6.07) is 8.40. The number of aryl methyl sites for hydroxylation is 2. The standard InChI is InChI=1S/C16H21N3OS/c1-5-20-10-15-18-14(17-4)9-16(19-15)21-13-7-6-11(2)12(3)8-13/h6-9H,5,10H2,1-4H3,(H,17,18,19). The Morgan fingerprint density at radius 1 is 1.14 bits per heavy atom. The highest BCUT2D eigenvalue weighted by Crippen LogP contribution is 2.29. The molecule has 0 aliphatic heterocycles. The van der Waals surface area contributed by atoms with Crippen LogP contribution in [0.5, 0.6) is 0 Å². The van der Waals surface area contributed by atoms with Gasteiger partial charge in [-0.3, -0.25) is 0 Å². The van der Waals surface area contributed by atoms with Crippen molar-refractivity contribution in [2.75, 3.05) is 19.0 Å². The summed E-state index contributed by atoms with van der Waals surface area (Å²) in [6.07, 6.45) is 0. The van der Waals surface area contributed by atoms with Gasteiger partial charge in [0.25, 0.3) is 0 Å². The minimum Gasteiger partial charge on any atom is -0.374 e. The topological polar surface area (TPSA) is 47.0 Å². The molecule has 1 aromatic heterocycles. The zero-order chi connectivity index (χ0) is 15.2. The zero-order valence-corrected chi connectivity index (χ0v) is 13.8. The third kappa shape index (κ3) is 4.44. The van der Waals surface area contributed by atoms with E-state index in [-0.39, 0.29) is 0 Å². The highest BCUT2D eigenvalue weighted by atomic mass is 32.2. The van der Waals surface area contributed by atoms with Gasteiger partial charge in [-0.2, -0.15) is 0 Å². The molecule has 1 N–H and O–H groups in total. The molecule has 0 spiro atoms. The minimum absolute atomic E-state index is 0.437. The second kappa shape index (κ2) is 7.43.